The van der Waals surface area contributed by atoms with Gasteiger partial charge in [-0.15, -0.1) is 0 Å². The third-order valence-corrected chi connectivity index (χ3v) is 2.73. The molecular formula is C12H8Cl2N2O3. The molecule has 2 rings (SSSR count). The summed E-state index contributed by atoms with van der Waals surface area (Å²) in [6.45, 7) is 0.0846. The zero-order valence-electron chi connectivity index (χ0n) is 9.51. The van der Waals surface area contributed by atoms with Crippen molar-refractivity contribution in [3.05, 3.63) is 52.0 Å². The van der Waals surface area contributed by atoms with Crippen molar-refractivity contribution in [3.8, 4) is 5.75 Å². The van der Waals surface area contributed by atoms with Crippen LogP contribution in [0.5, 0.6) is 5.75 Å². The third-order valence-electron chi connectivity index (χ3n) is 2.20. The molecule has 0 bridgehead atoms. The van der Waals surface area contributed by atoms with Gasteiger partial charge in [0.1, 0.15) is 12.4 Å². The van der Waals surface area contributed by atoms with Gasteiger partial charge in [-0.1, -0.05) is 23.2 Å². The summed E-state index contributed by atoms with van der Waals surface area (Å²) in [5.41, 5.74) is 0.0216. The van der Waals surface area contributed by atoms with Gasteiger partial charge in [0.05, 0.1) is 10.6 Å². The second-order valence-corrected chi connectivity index (χ2v) is 4.40. The van der Waals surface area contributed by atoms with Crippen molar-refractivity contribution in [1.29, 1.82) is 0 Å². The number of ether oxygens (including phenoxy) is 1. The molecule has 0 atom stereocenters. The molecule has 0 aliphatic carbocycles. The fraction of sp³-hybridized carbons (Fsp3) is 0.0833. The molecule has 1 aromatic heterocycles. The molecule has 0 aliphatic rings. The van der Waals surface area contributed by atoms with Crippen LogP contribution < -0.4 is 4.74 Å². The van der Waals surface area contributed by atoms with Crippen LogP contribution in [0.2, 0.25) is 10.0 Å². The van der Waals surface area contributed by atoms with E-state index in [1.165, 1.54) is 12.4 Å². The highest BCUT2D eigenvalue weighted by molar-refractivity contribution is 6.35. The Balaban J connectivity index is 2.04. The van der Waals surface area contributed by atoms with Crippen molar-refractivity contribution in [2.45, 2.75) is 6.61 Å². The second-order valence-electron chi connectivity index (χ2n) is 3.56. The predicted molar refractivity (Wildman–Crippen MR) is 69.8 cm³/mol. The maximum atomic E-state index is 10.6. The van der Waals surface area contributed by atoms with E-state index >= 15 is 0 Å². The summed E-state index contributed by atoms with van der Waals surface area (Å²) in [6, 6.07) is 4.85. The van der Waals surface area contributed by atoms with Crippen LogP contribution in [-0.2, 0) is 6.61 Å². The molecule has 1 aromatic carbocycles. The van der Waals surface area contributed by atoms with Crippen LogP contribution in [0.15, 0.2) is 30.6 Å². The number of halogens is 2. The molecule has 0 unspecified atom stereocenters. The van der Waals surface area contributed by atoms with E-state index < -0.39 is 5.97 Å². The lowest BCUT2D eigenvalue weighted by atomic mass is 10.3. The Morgan fingerprint density at radius 3 is 2.53 bits per heavy atom. The summed E-state index contributed by atoms with van der Waals surface area (Å²) in [4.78, 5) is 18.4. The zero-order valence-corrected chi connectivity index (χ0v) is 11.0. The number of hydrogen-bond donors (Lipinski definition) is 1. The van der Waals surface area contributed by atoms with Gasteiger partial charge >= 0.3 is 5.97 Å². The van der Waals surface area contributed by atoms with Gasteiger partial charge in [-0.05, 0) is 18.2 Å². The summed E-state index contributed by atoms with van der Waals surface area (Å²) in [6.07, 6.45) is 2.44. The highest BCUT2D eigenvalue weighted by Crippen LogP contribution is 2.27. The molecule has 19 heavy (non-hydrogen) atoms. The quantitative estimate of drug-likeness (QED) is 0.939. The zero-order chi connectivity index (χ0) is 13.8. The molecule has 5 nitrogen and oxygen atoms in total. The van der Waals surface area contributed by atoms with Crippen LogP contribution in [0, 0.1) is 0 Å². The van der Waals surface area contributed by atoms with Gasteiger partial charge < -0.3 is 9.84 Å². The minimum absolute atomic E-state index is 0.0216. The fourth-order valence-corrected chi connectivity index (χ4v) is 1.74. The SMILES string of the molecule is O=C(O)c1cnc(COc2ccc(Cl)cc2Cl)nc1. The van der Waals surface area contributed by atoms with Gasteiger partial charge in [0.15, 0.2) is 5.82 Å². The van der Waals surface area contributed by atoms with E-state index in [1.54, 1.807) is 18.2 Å². The Bertz CT molecular complexity index is 602. The van der Waals surface area contributed by atoms with Gasteiger partial charge in [-0.3, -0.25) is 0 Å². The van der Waals surface area contributed by atoms with E-state index in [9.17, 15) is 4.79 Å². The number of carbonyl (C=O) groups is 1. The van der Waals surface area contributed by atoms with Crippen LogP contribution in [0.4, 0.5) is 0 Å². The lowest BCUT2D eigenvalue weighted by Crippen LogP contribution is -2.05. The van der Waals surface area contributed by atoms with Gasteiger partial charge in [-0.2, -0.15) is 0 Å². The first-order chi connectivity index (χ1) is 9.06. The molecular weight excluding hydrogens is 291 g/mol. The van der Waals surface area contributed by atoms with Crippen molar-refractivity contribution in [1.82, 2.24) is 9.97 Å². The third kappa shape index (κ3) is 3.56. The van der Waals surface area contributed by atoms with Crippen molar-refractivity contribution >= 4 is 29.2 Å². The van der Waals surface area contributed by atoms with Crippen LogP contribution in [0.3, 0.4) is 0 Å². The molecule has 0 fully saturated rings. The van der Waals surface area contributed by atoms with Crippen LogP contribution in [0.25, 0.3) is 0 Å². The van der Waals surface area contributed by atoms with E-state index in [1.807, 2.05) is 0 Å². The van der Waals surface area contributed by atoms with Crippen molar-refractivity contribution in [2.24, 2.45) is 0 Å². The minimum atomic E-state index is -1.08. The van der Waals surface area contributed by atoms with Gasteiger partial charge in [-0.25, -0.2) is 14.8 Å². The maximum Gasteiger partial charge on any atom is 0.338 e. The molecule has 1 heterocycles. The van der Waals surface area contributed by atoms with Crippen molar-refractivity contribution in [3.63, 3.8) is 0 Å². The lowest BCUT2D eigenvalue weighted by molar-refractivity contribution is 0.0695. The molecule has 0 amide bonds. The number of rotatable bonds is 4. The Labute approximate surface area is 118 Å². The van der Waals surface area contributed by atoms with Gasteiger partial charge in [0, 0.05) is 17.4 Å². The van der Waals surface area contributed by atoms with Crippen molar-refractivity contribution < 1.29 is 14.6 Å². The number of nitrogens with zero attached hydrogens (tertiary/aromatic N) is 2. The number of aromatic carboxylic acids is 1. The van der Waals surface area contributed by atoms with E-state index in [0.29, 0.717) is 21.6 Å². The number of benzene rings is 1. The van der Waals surface area contributed by atoms with Crippen LogP contribution >= 0.6 is 23.2 Å². The Morgan fingerprint density at radius 2 is 1.95 bits per heavy atom. The molecule has 1 N–H and O–H groups in total. The Hall–Kier alpha value is -1.85. The summed E-state index contributed by atoms with van der Waals surface area (Å²) in [5.74, 6) is -0.263. The van der Waals surface area contributed by atoms with E-state index in [0.717, 1.165) is 0 Å². The highest BCUT2D eigenvalue weighted by atomic mass is 35.5. The number of carboxylic acid groups (broad SMARTS) is 1. The predicted octanol–water partition coefficient (Wildman–Crippen LogP) is 3.06. The smallest absolute Gasteiger partial charge is 0.338 e. The standard InChI is InChI=1S/C12H8Cl2N2O3/c13-8-1-2-10(9(14)3-8)19-6-11-15-4-7(5-16-11)12(17)18/h1-5H,6H2,(H,17,18). The van der Waals surface area contributed by atoms with E-state index in [4.69, 9.17) is 33.0 Å². The number of carboxylic acids is 1. The average Bonchev–Trinajstić information content (AvgIpc) is 2.38. The first-order valence-corrected chi connectivity index (χ1v) is 5.94. The summed E-state index contributed by atoms with van der Waals surface area (Å²) in [5, 5.41) is 9.60. The first kappa shape index (κ1) is 13.6. The monoisotopic (exact) mass is 298 g/mol. The van der Waals surface area contributed by atoms with Crippen molar-refractivity contribution in [2.75, 3.05) is 0 Å². The summed E-state index contributed by atoms with van der Waals surface area (Å²) in [7, 11) is 0. The Morgan fingerprint density at radius 1 is 1.26 bits per heavy atom. The largest absolute Gasteiger partial charge is 0.484 e. The van der Waals surface area contributed by atoms with Crippen LogP contribution in [0.1, 0.15) is 16.2 Å². The highest BCUT2D eigenvalue weighted by Gasteiger charge is 2.06. The molecule has 0 saturated heterocycles. The maximum absolute atomic E-state index is 10.6. The fourth-order valence-electron chi connectivity index (χ4n) is 1.27. The minimum Gasteiger partial charge on any atom is -0.484 e. The average molecular weight is 299 g/mol. The molecule has 0 aliphatic heterocycles. The molecule has 7 heteroatoms. The topological polar surface area (TPSA) is 72.3 Å². The van der Waals surface area contributed by atoms with E-state index in [-0.39, 0.29) is 12.2 Å². The molecule has 2 aromatic rings. The van der Waals surface area contributed by atoms with Crippen LogP contribution in [-0.4, -0.2) is 21.0 Å². The molecule has 0 spiro atoms. The Kier molecular flexibility index (Phi) is 4.19. The first-order valence-electron chi connectivity index (χ1n) is 5.18. The molecule has 0 radical (unpaired) electrons. The van der Waals surface area contributed by atoms with Gasteiger partial charge in [0.25, 0.3) is 0 Å². The number of aromatic nitrogens is 2. The normalized spacial score (nSPS) is 10.2. The summed E-state index contributed by atoms with van der Waals surface area (Å²) < 4.78 is 5.42. The van der Waals surface area contributed by atoms with E-state index in [2.05, 4.69) is 9.97 Å². The van der Waals surface area contributed by atoms with Gasteiger partial charge in [0.2, 0.25) is 0 Å². The molecule has 0 saturated carbocycles. The second kappa shape index (κ2) is 5.86. The molecule has 98 valence electrons. The lowest BCUT2D eigenvalue weighted by Gasteiger charge is -2.07. The number of hydrogen-bond acceptors (Lipinski definition) is 4. The summed E-state index contributed by atoms with van der Waals surface area (Å²) >= 11 is 11.7.